The number of amides is 1. The van der Waals surface area contributed by atoms with Crippen LogP contribution in [0.15, 0.2) is 30.5 Å². The summed E-state index contributed by atoms with van der Waals surface area (Å²) in [7, 11) is 1.36. The van der Waals surface area contributed by atoms with Crippen molar-refractivity contribution in [2.75, 3.05) is 18.2 Å². The van der Waals surface area contributed by atoms with E-state index in [0.29, 0.717) is 5.69 Å². The summed E-state index contributed by atoms with van der Waals surface area (Å²) < 4.78 is 18.3. The third kappa shape index (κ3) is 2.97. The molecule has 0 aliphatic carbocycles. The molecule has 2 aromatic rings. The molecule has 0 saturated heterocycles. The zero-order valence-electron chi connectivity index (χ0n) is 10.5. The van der Waals surface area contributed by atoms with E-state index in [0.717, 1.165) is 6.07 Å². The molecule has 0 saturated carbocycles. The number of benzene rings is 1. The highest BCUT2D eigenvalue weighted by Crippen LogP contribution is 2.22. The number of hydrogen-bond donors (Lipinski definition) is 2. The summed E-state index contributed by atoms with van der Waals surface area (Å²) in [5.74, 6) is -0.804. The molecule has 0 atom stereocenters. The Hall–Kier alpha value is -2.34. The molecule has 0 bridgehead atoms. The van der Waals surface area contributed by atoms with Crippen molar-refractivity contribution in [2.45, 2.75) is 0 Å². The number of nitrogens with one attached hydrogen (secondary N) is 1. The van der Waals surface area contributed by atoms with Crippen LogP contribution in [0.3, 0.4) is 0 Å². The molecule has 104 valence electrons. The van der Waals surface area contributed by atoms with E-state index >= 15 is 0 Å². The van der Waals surface area contributed by atoms with Crippen molar-refractivity contribution in [3.05, 3.63) is 46.9 Å². The van der Waals surface area contributed by atoms with E-state index in [1.54, 1.807) is 0 Å². The maximum atomic E-state index is 13.5. The average molecular weight is 296 g/mol. The number of nitrogens with two attached hydrogens (primary N) is 1. The van der Waals surface area contributed by atoms with Crippen LogP contribution in [0, 0.1) is 5.82 Å². The number of aromatic nitrogens is 1. The van der Waals surface area contributed by atoms with Gasteiger partial charge in [0.25, 0.3) is 5.91 Å². The van der Waals surface area contributed by atoms with Crippen molar-refractivity contribution in [3.63, 3.8) is 0 Å². The molecule has 2 rings (SSSR count). The Morgan fingerprint density at radius 1 is 1.45 bits per heavy atom. The van der Waals surface area contributed by atoms with Crippen molar-refractivity contribution < 1.29 is 13.9 Å². The number of halogens is 2. The number of hydrogen-bond acceptors (Lipinski definition) is 4. The smallest absolute Gasteiger partial charge is 0.257 e. The van der Waals surface area contributed by atoms with E-state index < -0.39 is 11.7 Å². The maximum absolute atomic E-state index is 13.5. The molecule has 0 radical (unpaired) electrons. The van der Waals surface area contributed by atoms with Crippen molar-refractivity contribution in [3.8, 4) is 5.75 Å². The van der Waals surface area contributed by atoms with E-state index in [-0.39, 0.29) is 22.2 Å². The Kier molecular flexibility index (Phi) is 4.05. The van der Waals surface area contributed by atoms with Gasteiger partial charge in [-0.25, -0.2) is 9.37 Å². The molecule has 0 aliphatic heterocycles. The van der Waals surface area contributed by atoms with Gasteiger partial charge < -0.3 is 15.8 Å². The van der Waals surface area contributed by atoms with E-state index in [9.17, 15) is 9.18 Å². The molecule has 20 heavy (non-hydrogen) atoms. The number of carbonyl (C=O) groups excluding carboxylic acids is 1. The summed E-state index contributed by atoms with van der Waals surface area (Å²) >= 11 is 5.78. The Morgan fingerprint density at radius 2 is 2.20 bits per heavy atom. The lowest BCUT2D eigenvalue weighted by Crippen LogP contribution is -2.12. The van der Waals surface area contributed by atoms with Crippen LogP contribution in [0.1, 0.15) is 10.4 Å². The van der Waals surface area contributed by atoms with E-state index in [1.165, 1.54) is 31.5 Å². The largest absolute Gasteiger partial charge is 0.494 e. The van der Waals surface area contributed by atoms with E-state index in [4.69, 9.17) is 22.1 Å². The quantitative estimate of drug-likeness (QED) is 0.912. The van der Waals surface area contributed by atoms with Gasteiger partial charge in [0.2, 0.25) is 0 Å². The van der Waals surface area contributed by atoms with Crippen LogP contribution in [0.2, 0.25) is 5.02 Å². The number of methoxy groups -OCH3 is 1. The first kappa shape index (κ1) is 14.1. The van der Waals surface area contributed by atoms with Gasteiger partial charge in [0, 0.05) is 18.0 Å². The molecule has 1 amide bonds. The standard InChI is InChI=1S/C13H11ClFN3O2/c1-20-11-3-2-8(5-10(11)15)18-13(19)7-4-9(14)12(16)17-6-7/h2-6H,1H3,(H2,16,17)(H,18,19). The monoisotopic (exact) mass is 295 g/mol. The van der Waals surface area contributed by atoms with Crippen LogP contribution in [-0.4, -0.2) is 18.0 Å². The lowest BCUT2D eigenvalue weighted by molar-refractivity contribution is 0.102. The van der Waals surface area contributed by atoms with Gasteiger partial charge >= 0.3 is 0 Å². The number of nitrogens with zero attached hydrogens (tertiary/aromatic N) is 1. The van der Waals surface area contributed by atoms with Crippen molar-refractivity contribution in [1.29, 1.82) is 0 Å². The molecule has 1 aromatic heterocycles. The number of carbonyl (C=O) groups is 1. The summed E-state index contributed by atoms with van der Waals surface area (Å²) in [6.07, 6.45) is 1.29. The van der Waals surface area contributed by atoms with Crippen molar-refractivity contribution in [2.24, 2.45) is 0 Å². The number of anilines is 2. The second-order valence-corrected chi connectivity index (χ2v) is 4.30. The van der Waals surface area contributed by atoms with Gasteiger partial charge in [0.05, 0.1) is 17.7 Å². The highest BCUT2D eigenvalue weighted by Gasteiger charge is 2.10. The predicted octanol–water partition coefficient (Wildman–Crippen LogP) is 2.72. The first-order valence-corrected chi connectivity index (χ1v) is 5.95. The Labute approximate surface area is 119 Å². The molecular formula is C13H11ClFN3O2. The average Bonchev–Trinajstić information content (AvgIpc) is 2.42. The molecule has 1 aromatic carbocycles. The van der Waals surface area contributed by atoms with Gasteiger partial charge in [-0.3, -0.25) is 4.79 Å². The maximum Gasteiger partial charge on any atom is 0.257 e. The minimum absolute atomic E-state index is 0.0974. The normalized spacial score (nSPS) is 10.2. The second-order valence-electron chi connectivity index (χ2n) is 3.89. The Morgan fingerprint density at radius 3 is 2.80 bits per heavy atom. The van der Waals surface area contributed by atoms with Gasteiger partial charge in [-0.15, -0.1) is 0 Å². The molecule has 3 N–H and O–H groups in total. The number of pyridine rings is 1. The number of rotatable bonds is 3. The lowest BCUT2D eigenvalue weighted by Gasteiger charge is -2.08. The fraction of sp³-hybridized carbons (Fsp3) is 0.0769. The summed E-state index contributed by atoms with van der Waals surface area (Å²) in [6, 6.07) is 5.48. The zero-order chi connectivity index (χ0) is 14.7. The van der Waals surface area contributed by atoms with Crippen LogP contribution >= 0.6 is 11.6 Å². The van der Waals surface area contributed by atoms with Crippen LogP contribution in [0.25, 0.3) is 0 Å². The minimum Gasteiger partial charge on any atom is -0.494 e. The molecule has 0 unspecified atom stereocenters. The molecule has 5 nitrogen and oxygen atoms in total. The molecule has 0 fully saturated rings. The van der Waals surface area contributed by atoms with Crippen molar-refractivity contribution in [1.82, 2.24) is 4.98 Å². The van der Waals surface area contributed by atoms with E-state index in [1.807, 2.05) is 0 Å². The van der Waals surface area contributed by atoms with Gasteiger partial charge in [-0.05, 0) is 18.2 Å². The molecule has 1 heterocycles. The highest BCUT2D eigenvalue weighted by molar-refractivity contribution is 6.33. The zero-order valence-corrected chi connectivity index (χ0v) is 11.2. The molecular weight excluding hydrogens is 285 g/mol. The SMILES string of the molecule is COc1ccc(NC(=O)c2cnc(N)c(Cl)c2)cc1F. The number of ether oxygens (including phenoxy) is 1. The van der Waals surface area contributed by atoms with Gasteiger partial charge in [-0.1, -0.05) is 11.6 Å². The Balaban J connectivity index is 2.19. The van der Waals surface area contributed by atoms with Gasteiger partial charge in [0.15, 0.2) is 11.6 Å². The summed E-state index contributed by atoms with van der Waals surface area (Å²) in [6.45, 7) is 0. The van der Waals surface area contributed by atoms with E-state index in [2.05, 4.69) is 10.3 Å². The summed E-state index contributed by atoms with van der Waals surface area (Å²) in [4.78, 5) is 15.7. The Bertz CT molecular complexity index is 664. The third-order valence-corrected chi connectivity index (χ3v) is 2.84. The fourth-order valence-corrected chi connectivity index (χ4v) is 1.69. The number of nitrogen functional groups attached to an aromatic ring is 1. The summed E-state index contributed by atoms with van der Waals surface area (Å²) in [5, 5.41) is 2.70. The van der Waals surface area contributed by atoms with Crippen molar-refractivity contribution >= 4 is 29.0 Å². The first-order chi connectivity index (χ1) is 9.51. The van der Waals surface area contributed by atoms with Crippen LogP contribution < -0.4 is 15.8 Å². The topological polar surface area (TPSA) is 77.2 Å². The molecule has 0 spiro atoms. The minimum atomic E-state index is -0.571. The highest BCUT2D eigenvalue weighted by atomic mass is 35.5. The molecule has 0 aliphatic rings. The van der Waals surface area contributed by atoms with Gasteiger partial charge in [-0.2, -0.15) is 0 Å². The predicted molar refractivity (Wildman–Crippen MR) is 74.6 cm³/mol. The summed E-state index contributed by atoms with van der Waals surface area (Å²) in [5.41, 5.74) is 5.97. The van der Waals surface area contributed by atoms with Crippen LogP contribution in [0.5, 0.6) is 5.75 Å². The third-order valence-electron chi connectivity index (χ3n) is 2.54. The second kappa shape index (κ2) is 5.75. The van der Waals surface area contributed by atoms with Crippen LogP contribution in [-0.2, 0) is 0 Å². The van der Waals surface area contributed by atoms with Crippen LogP contribution in [0.4, 0.5) is 15.9 Å². The lowest BCUT2D eigenvalue weighted by atomic mass is 10.2. The first-order valence-electron chi connectivity index (χ1n) is 5.57. The van der Waals surface area contributed by atoms with Gasteiger partial charge in [0.1, 0.15) is 5.82 Å². The fourth-order valence-electron chi connectivity index (χ4n) is 1.52. The molecule has 7 heteroatoms.